The van der Waals surface area contributed by atoms with Gasteiger partial charge in [0.2, 0.25) is 0 Å². The number of hydrogen-bond acceptors (Lipinski definition) is 8. The van der Waals surface area contributed by atoms with Crippen molar-refractivity contribution in [1.29, 1.82) is 0 Å². The van der Waals surface area contributed by atoms with E-state index in [1.807, 2.05) is 144 Å². The zero-order valence-corrected chi connectivity index (χ0v) is 44.3. The number of thiophene rings is 2. The lowest BCUT2D eigenvalue weighted by molar-refractivity contribution is 1.07. The van der Waals surface area contributed by atoms with Gasteiger partial charge in [-0.3, -0.25) is 0 Å². The maximum Gasteiger partial charge on any atom is 0.164 e. The van der Waals surface area contributed by atoms with E-state index in [1.165, 1.54) is 51.4 Å². The third kappa shape index (κ3) is 7.72. The largest absolute Gasteiger partial charge is 0.301 e. The Balaban J connectivity index is 0.799. The van der Waals surface area contributed by atoms with E-state index in [0.29, 0.717) is 34.9 Å². The first-order chi connectivity index (χ1) is 39.6. The van der Waals surface area contributed by atoms with Crippen LogP contribution in [0.3, 0.4) is 0 Å². The fourth-order valence-corrected chi connectivity index (χ4v) is 13.8. The predicted molar refractivity (Wildman–Crippen MR) is 331 cm³/mol. The summed E-state index contributed by atoms with van der Waals surface area (Å²) < 4.78 is 7.35. The lowest BCUT2D eigenvalue weighted by atomic mass is 10.00. The van der Waals surface area contributed by atoms with Crippen molar-refractivity contribution in [3.63, 3.8) is 0 Å². The predicted octanol–water partition coefficient (Wildman–Crippen LogP) is 18.3. The molecular weight excluding hydrogens is 1020 g/mol. The maximum absolute atomic E-state index is 5.02. The smallest absolute Gasteiger partial charge is 0.164 e. The highest BCUT2D eigenvalue weighted by atomic mass is 32.1. The monoisotopic (exact) mass is 1060 g/mol. The van der Waals surface area contributed by atoms with E-state index in [9.17, 15) is 0 Å². The van der Waals surface area contributed by atoms with Crippen molar-refractivity contribution in [2.75, 3.05) is 0 Å². The molecule has 10 aromatic carbocycles. The molecule has 6 aromatic heterocycles. The molecule has 0 atom stereocenters. The topological polar surface area (TPSA) is 87.2 Å². The fraction of sp³-hybridized carbons (Fsp3) is 0. The van der Waals surface area contributed by atoms with E-state index in [-0.39, 0.29) is 0 Å². The summed E-state index contributed by atoms with van der Waals surface area (Å²) in [5.74, 6) is 3.82. The average Bonchev–Trinajstić information content (AvgIpc) is 4.48. The van der Waals surface area contributed by atoms with Crippen LogP contribution in [0.2, 0.25) is 0 Å². The molecule has 374 valence electrons. The minimum absolute atomic E-state index is 0.628. The van der Waals surface area contributed by atoms with Crippen molar-refractivity contribution in [2.45, 2.75) is 0 Å². The Morgan fingerprint density at radius 1 is 0.237 bits per heavy atom. The zero-order valence-electron chi connectivity index (χ0n) is 42.6. The van der Waals surface area contributed by atoms with E-state index in [4.69, 9.17) is 29.9 Å². The molecule has 8 nitrogen and oxygen atoms in total. The van der Waals surface area contributed by atoms with Gasteiger partial charge in [-0.15, -0.1) is 22.7 Å². The number of fused-ring (bicyclic) bond motifs is 10. The molecule has 10 heteroatoms. The van der Waals surface area contributed by atoms with Crippen LogP contribution in [0.1, 0.15) is 0 Å². The van der Waals surface area contributed by atoms with Crippen LogP contribution in [0.25, 0.3) is 153 Å². The Morgan fingerprint density at radius 3 is 0.838 bits per heavy atom. The number of aromatic nitrogens is 8. The highest BCUT2D eigenvalue weighted by Gasteiger charge is 2.22. The van der Waals surface area contributed by atoms with Gasteiger partial charge in [0.15, 0.2) is 34.9 Å². The average molecular weight is 1060 g/mol. The van der Waals surface area contributed by atoms with Crippen LogP contribution in [0.4, 0.5) is 0 Å². The first-order valence-electron chi connectivity index (χ1n) is 26.5. The summed E-state index contributed by atoms with van der Waals surface area (Å²) in [5.41, 5.74) is 12.4. The quantitative estimate of drug-likeness (QED) is 0.143. The molecule has 16 aromatic rings. The molecule has 6 heterocycles. The van der Waals surface area contributed by atoms with E-state index in [2.05, 4.69) is 143 Å². The summed E-state index contributed by atoms with van der Waals surface area (Å²) >= 11 is 3.67. The van der Waals surface area contributed by atoms with Crippen molar-refractivity contribution in [2.24, 2.45) is 0 Å². The molecule has 0 fully saturated rings. The molecule has 0 saturated heterocycles. The lowest BCUT2D eigenvalue weighted by Gasteiger charge is -2.11. The Hall–Kier alpha value is -10.3. The first kappa shape index (κ1) is 45.9. The van der Waals surface area contributed by atoms with Crippen LogP contribution in [0.5, 0.6) is 0 Å². The number of nitrogens with zero attached hydrogens (tertiary/aromatic N) is 8. The van der Waals surface area contributed by atoms with Gasteiger partial charge in [-0.1, -0.05) is 170 Å². The van der Waals surface area contributed by atoms with Crippen molar-refractivity contribution in [3.8, 4) is 90.8 Å². The van der Waals surface area contributed by atoms with Crippen LogP contribution in [-0.4, -0.2) is 39.0 Å². The van der Waals surface area contributed by atoms with E-state index in [0.717, 1.165) is 66.9 Å². The van der Waals surface area contributed by atoms with Crippen molar-refractivity contribution in [3.05, 3.63) is 255 Å². The lowest BCUT2D eigenvalue weighted by Crippen LogP contribution is -2.00. The normalized spacial score (nSPS) is 11.8. The molecule has 0 amide bonds. The summed E-state index contributed by atoms with van der Waals surface area (Å²) in [6.45, 7) is 0. The van der Waals surface area contributed by atoms with Gasteiger partial charge in [-0.05, 0) is 96.1 Å². The van der Waals surface area contributed by atoms with Gasteiger partial charge in [-0.25, -0.2) is 29.9 Å². The van der Waals surface area contributed by atoms with Crippen molar-refractivity contribution < 1.29 is 0 Å². The Bertz CT molecular complexity index is 4590. The van der Waals surface area contributed by atoms with Crippen molar-refractivity contribution in [1.82, 2.24) is 39.0 Å². The van der Waals surface area contributed by atoms with E-state index in [1.54, 1.807) is 0 Å². The van der Waals surface area contributed by atoms with Gasteiger partial charge >= 0.3 is 0 Å². The van der Waals surface area contributed by atoms with Gasteiger partial charge in [0.05, 0.1) is 11.0 Å². The fourth-order valence-electron chi connectivity index (χ4n) is 11.2. The number of rotatable bonds is 9. The summed E-state index contributed by atoms with van der Waals surface area (Å²) in [6, 6.07) is 89.3. The Morgan fingerprint density at radius 2 is 0.512 bits per heavy atom. The summed E-state index contributed by atoms with van der Waals surface area (Å²) in [7, 11) is 0. The van der Waals surface area contributed by atoms with E-state index >= 15 is 0 Å². The second-order valence-corrected chi connectivity index (χ2v) is 21.9. The van der Waals surface area contributed by atoms with Crippen LogP contribution in [0.15, 0.2) is 255 Å². The molecule has 0 aliphatic rings. The van der Waals surface area contributed by atoms with Gasteiger partial charge in [0, 0.05) is 86.5 Å². The molecule has 0 saturated carbocycles. The molecule has 0 N–H and O–H groups in total. The molecule has 0 radical (unpaired) electrons. The molecule has 0 aliphatic carbocycles. The highest BCUT2D eigenvalue weighted by Crippen LogP contribution is 2.46. The third-order valence-electron chi connectivity index (χ3n) is 15.1. The van der Waals surface area contributed by atoms with Crippen LogP contribution in [0, 0.1) is 0 Å². The first-order valence-corrected chi connectivity index (χ1v) is 28.1. The maximum atomic E-state index is 5.02. The van der Waals surface area contributed by atoms with Gasteiger partial charge in [0.1, 0.15) is 9.66 Å². The van der Waals surface area contributed by atoms with Gasteiger partial charge in [0.25, 0.3) is 0 Å². The van der Waals surface area contributed by atoms with Crippen LogP contribution >= 0.6 is 22.7 Å². The van der Waals surface area contributed by atoms with Gasteiger partial charge < -0.3 is 9.13 Å². The minimum atomic E-state index is 0.628. The van der Waals surface area contributed by atoms with Crippen LogP contribution in [-0.2, 0) is 0 Å². The summed E-state index contributed by atoms with van der Waals surface area (Å²) in [4.78, 5) is 32.4. The van der Waals surface area contributed by atoms with Gasteiger partial charge in [-0.2, -0.15) is 0 Å². The Labute approximate surface area is 466 Å². The van der Waals surface area contributed by atoms with Crippen molar-refractivity contribution >= 4 is 85.1 Å². The second-order valence-electron chi connectivity index (χ2n) is 19.9. The molecule has 0 spiro atoms. The molecular formula is C70H42N8S2. The number of benzene rings is 10. The zero-order chi connectivity index (χ0) is 52.7. The molecule has 0 aliphatic heterocycles. The molecule has 16 rings (SSSR count). The summed E-state index contributed by atoms with van der Waals surface area (Å²) in [6.07, 6.45) is 0. The Kier molecular flexibility index (Phi) is 10.7. The van der Waals surface area contributed by atoms with Crippen LogP contribution < -0.4 is 0 Å². The second kappa shape index (κ2) is 18.7. The highest BCUT2D eigenvalue weighted by molar-refractivity contribution is 7.26. The summed E-state index contributed by atoms with van der Waals surface area (Å²) in [5, 5.41) is 7.46. The number of hydrogen-bond donors (Lipinski definition) is 0. The standard InChI is InChI=1S/C70H42N8S2/c1-5-17-43(18-6-1)63-71-64(44-19-7-2-8-20-44)74-67(73-63)47-29-35-51(36-30-47)77-57-39-33-49(41-55(57)61-53-25-13-15-27-59(53)79-69(61)77)50-34-40-58-56(42-50)62-54-26-14-16-28-60(54)80-70(62)78(58)52-37-31-48(32-38-52)68-75-65(45-21-9-3-10-22-45)72-66(76-68)46-23-11-4-12-24-46/h1-42H. The molecule has 0 bridgehead atoms. The third-order valence-corrected chi connectivity index (χ3v) is 17.4. The van der Waals surface area contributed by atoms with E-state index < -0.39 is 0 Å². The SMILES string of the molecule is c1ccc(-c2nc(-c3ccccc3)nc(-c3ccc(-n4c5ccc(-c6ccc7c(c6)c6c8ccccc8sc6n7-c6ccc(-c7nc(-c8ccccc8)nc(-c8ccccc8)n7)cc6)cc5c5c6ccccc6sc54)cc3)n2)cc1. The molecule has 0 unspecified atom stereocenters. The molecule has 80 heavy (non-hydrogen) atoms. The minimum Gasteiger partial charge on any atom is -0.301 e.